The fourth-order valence-electron chi connectivity index (χ4n) is 2.02. The third-order valence-corrected chi connectivity index (χ3v) is 4.84. The fourth-order valence-corrected chi connectivity index (χ4v) is 3.53. The summed E-state index contributed by atoms with van der Waals surface area (Å²) in [6.07, 6.45) is 0. The summed E-state index contributed by atoms with van der Waals surface area (Å²) in [6, 6.07) is 2.02. The van der Waals surface area contributed by atoms with Gasteiger partial charge >= 0.3 is 0 Å². The summed E-state index contributed by atoms with van der Waals surface area (Å²) in [5.41, 5.74) is 4.51. The summed E-state index contributed by atoms with van der Waals surface area (Å²) in [4.78, 5) is 18.8. The number of nitrogens with zero attached hydrogens (tertiary/aromatic N) is 3. The van der Waals surface area contributed by atoms with E-state index in [1.807, 2.05) is 27.2 Å². The van der Waals surface area contributed by atoms with E-state index in [1.54, 1.807) is 11.3 Å². The van der Waals surface area contributed by atoms with Gasteiger partial charge in [0.25, 0.3) is 5.91 Å². The number of thiophene rings is 1. The lowest BCUT2D eigenvalue weighted by atomic mass is 10.3. The van der Waals surface area contributed by atoms with Gasteiger partial charge in [-0.25, -0.2) is 9.99 Å². The molecule has 20 heavy (non-hydrogen) atoms. The average Bonchev–Trinajstić information content (AvgIpc) is 3.11. The Balaban J connectivity index is 1.63. The predicted molar refractivity (Wildman–Crippen MR) is 82.0 cm³/mol. The van der Waals surface area contributed by atoms with E-state index >= 15 is 0 Å². The van der Waals surface area contributed by atoms with Crippen LogP contribution < -0.4 is 5.43 Å². The van der Waals surface area contributed by atoms with Crippen LogP contribution in [0.25, 0.3) is 10.6 Å². The van der Waals surface area contributed by atoms with Gasteiger partial charge in [-0.05, 0) is 18.5 Å². The lowest BCUT2D eigenvalue weighted by Crippen LogP contribution is -2.52. The molecule has 1 aliphatic rings. The number of rotatable bonds is 3. The number of hydrogen-bond acceptors (Lipinski definition) is 6. The summed E-state index contributed by atoms with van der Waals surface area (Å²) < 4.78 is 0. The van der Waals surface area contributed by atoms with E-state index in [4.69, 9.17) is 0 Å². The quantitative estimate of drug-likeness (QED) is 0.939. The second-order valence-electron chi connectivity index (χ2n) is 4.78. The van der Waals surface area contributed by atoms with Crippen molar-refractivity contribution in [2.45, 2.75) is 0 Å². The number of aromatic nitrogens is 1. The number of nitrogens with one attached hydrogen (secondary N) is 1. The van der Waals surface area contributed by atoms with Gasteiger partial charge in [-0.2, -0.15) is 11.3 Å². The SMILES string of the molecule is CN1CCN(NC(=O)c2csc(-c3ccsc3)n2)CC1. The standard InChI is InChI=1S/C13H16N4OS2/c1-16-3-5-17(6-4-16)15-12(18)11-9-20-13(14-11)10-2-7-19-8-10/h2,7-9H,3-6H2,1H3,(H,15,18). The van der Waals surface area contributed by atoms with E-state index in [2.05, 4.69) is 22.4 Å². The first-order valence-corrected chi connectivity index (χ1v) is 8.27. The van der Waals surface area contributed by atoms with Gasteiger partial charge in [-0.15, -0.1) is 11.3 Å². The minimum atomic E-state index is -0.118. The van der Waals surface area contributed by atoms with Crippen LogP contribution in [0.1, 0.15) is 10.5 Å². The van der Waals surface area contributed by atoms with Gasteiger partial charge in [0.1, 0.15) is 10.7 Å². The van der Waals surface area contributed by atoms with Crippen molar-refractivity contribution in [2.24, 2.45) is 0 Å². The summed E-state index contributed by atoms with van der Waals surface area (Å²) in [5, 5.41) is 8.74. The first-order chi connectivity index (χ1) is 9.72. The van der Waals surface area contributed by atoms with E-state index in [0.717, 1.165) is 36.8 Å². The lowest BCUT2D eigenvalue weighted by Gasteiger charge is -2.32. The fraction of sp³-hybridized carbons (Fsp3) is 0.385. The Hall–Kier alpha value is -1.28. The largest absolute Gasteiger partial charge is 0.304 e. The van der Waals surface area contributed by atoms with Crippen LogP contribution in [-0.4, -0.2) is 54.0 Å². The number of hydrogen-bond donors (Lipinski definition) is 1. The Morgan fingerprint density at radius 3 is 2.80 bits per heavy atom. The van der Waals surface area contributed by atoms with E-state index in [-0.39, 0.29) is 5.91 Å². The van der Waals surface area contributed by atoms with Crippen LogP contribution in [0, 0.1) is 0 Å². The molecular weight excluding hydrogens is 292 g/mol. The first kappa shape index (κ1) is 13.7. The summed E-state index contributed by atoms with van der Waals surface area (Å²) in [7, 11) is 2.09. The lowest BCUT2D eigenvalue weighted by molar-refractivity contribution is 0.0658. The van der Waals surface area contributed by atoms with Gasteiger partial charge in [0.15, 0.2) is 0 Å². The number of piperazine rings is 1. The molecule has 0 bridgehead atoms. The first-order valence-electron chi connectivity index (χ1n) is 6.45. The molecule has 0 radical (unpaired) electrons. The highest BCUT2D eigenvalue weighted by Gasteiger charge is 2.18. The highest BCUT2D eigenvalue weighted by Crippen LogP contribution is 2.25. The molecule has 7 heteroatoms. The molecule has 1 saturated heterocycles. The maximum absolute atomic E-state index is 12.2. The van der Waals surface area contributed by atoms with Gasteiger partial charge < -0.3 is 4.90 Å². The van der Waals surface area contributed by atoms with E-state index in [0.29, 0.717) is 5.69 Å². The van der Waals surface area contributed by atoms with E-state index < -0.39 is 0 Å². The molecule has 106 valence electrons. The predicted octanol–water partition coefficient (Wildman–Crippen LogP) is 1.76. The zero-order valence-electron chi connectivity index (χ0n) is 11.2. The summed E-state index contributed by atoms with van der Waals surface area (Å²) in [6.45, 7) is 3.64. The molecule has 2 aromatic heterocycles. The van der Waals surface area contributed by atoms with Crippen molar-refractivity contribution in [3.8, 4) is 10.6 Å². The van der Waals surface area contributed by atoms with Crippen molar-refractivity contribution < 1.29 is 4.79 Å². The maximum Gasteiger partial charge on any atom is 0.285 e. The number of hydrazine groups is 1. The van der Waals surface area contributed by atoms with Crippen LogP contribution in [0.3, 0.4) is 0 Å². The Morgan fingerprint density at radius 2 is 2.10 bits per heavy atom. The van der Waals surface area contributed by atoms with Gasteiger partial charge in [-0.1, -0.05) is 0 Å². The highest BCUT2D eigenvalue weighted by atomic mass is 32.1. The second-order valence-corrected chi connectivity index (χ2v) is 6.42. The number of carbonyl (C=O) groups is 1. The van der Waals surface area contributed by atoms with E-state index in [9.17, 15) is 4.79 Å². The van der Waals surface area contributed by atoms with Crippen LogP contribution in [-0.2, 0) is 0 Å². The smallest absolute Gasteiger partial charge is 0.285 e. The summed E-state index contributed by atoms with van der Waals surface area (Å²) >= 11 is 3.14. The molecule has 0 unspecified atom stereocenters. The third-order valence-electron chi connectivity index (χ3n) is 3.27. The van der Waals surface area contributed by atoms with E-state index in [1.165, 1.54) is 11.3 Å². The Labute approximate surface area is 125 Å². The number of thiazole rings is 1. The molecule has 3 rings (SSSR count). The number of amides is 1. The topological polar surface area (TPSA) is 48.5 Å². The minimum absolute atomic E-state index is 0.118. The van der Waals surface area contributed by atoms with Crippen molar-refractivity contribution in [3.05, 3.63) is 27.9 Å². The Bertz CT molecular complexity index is 573. The van der Waals surface area contributed by atoms with Crippen molar-refractivity contribution in [1.82, 2.24) is 20.3 Å². The molecule has 1 fully saturated rings. The zero-order valence-corrected chi connectivity index (χ0v) is 12.8. The number of likely N-dealkylation sites (N-methyl/N-ethyl adjacent to an activating group) is 1. The van der Waals surface area contributed by atoms with Gasteiger partial charge in [0.05, 0.1) is 0 Å². The zero-order chi connectivity index (χ0) is 13.9. The van der Waals surface area contributed by atoms with Crippen LogP contribution in [0.2, 0.25) is 0 Å². The van der Waals surface area contributed by atoms with Crippen molar-refractivity contribution in [1.29, 1.82) is 0 Å². The molecule has 0 atom stereocenters. The van der Waals surface area contributed by atoms with Gasteiger partial charge in [0.2, 0.25) is 0 Å². The molecule has 2 aromatic rings. The van der Waals surface area contributed by atoms with Gasteiger partial charge in [-0.3, -0.25) is 10.2 Å². The molecule has 0 aliphatic carbocycles. The van der Waals surface area contributed by atoms with Crippen molar-refractivity contribution in [2.75, 3.05) is 33.2 Å². The third kappa shape index (κ3) is 3.06. The molecule has 3 heterocycles. The minimum Gasteiger partial charge on any atom is -0.304 e. The van der Waals surface area contributed by atoms with Crippen LogP contribution >= 0.6 is 22.7 Å². The Kier molecular flexibility index (Phi) is 4.11. The molecule has 5 nitrogen and oxygen atoms in total. The van der Waals surface area contributed by atoms with Crippen LogP contribution in [0.4, 0.5) is 0 Å². The van der Waals surface area contributed by atoms with Crippen molar-refractivity contribution >= 4 is 28.6 Å². The average molecular weight is 308 g/mol. The molecule has 0 spiro atoms. The normalized spacial score (nSPS) is 17.2. The molecule has 0 saturated carbocycles. The van der Waals surface area contributed by atoms with Crippen LogP contribution in [0.15, 0.2) is 22.2 Å². The monoisotopic (exact) mass is 308 g/mol. The van der Waals surface area contributed by atoms with Crippen molar-refractivity contribution in [3.63, 3.8) is 0 Å². The second kappa shape index (κ2) is 6.01. The van der Waals surface area contributed by atoms with Crippen LogP contribution in [0.5, 0.6) is 0 Å². The Morgan fingerprint density at radius 1 is 1.30 bits per heavy atom. The molecule has 1 amide bonds. The molecule has 0 aromatic carbocycles. The molecule has 1 aliphatic heterocycles. The summed E-state index contributed by atoms with van der Waals surface area (Å²) in [5.74, 6) is -0.118. The molecular formula is C13H16N4OS2. The number of carbonyl (C=O) groups excluding carboxylic acids is 1. The highest BCUT2D eigenvalue weighted by molar-refractivity contribution is 7.14. The maximum atomic E-state index is 12.2. The van der Waals surface area contributed by atoms with Gasteiger partial charge in [0, 0.05) is 42.5 Å². The molecule has 1 N–H and O–H groups in total.